The Kier molecular flexibility index (Phi) is 7.26. The van der Waals surface area contributed by atoms with Crippen molar-refractivity contribution in [3.63, 3.8) is 0 Å². The summed E-state index contributed by atoms with van der Waals surface area (Å²) in [5.74, 6) is -0.396. The molecule has 0 aliphatic rings. The molecule has 14 heteroatoms. The number of fused-ring (bicyclic) bond motifs is 1. The van der Waals surface area contributed by atoms with Gasteiger partial charge in [0.1, 0.15) is 22.8 Å². The van der Waals surface area contributed by atoms with Crippen molar-refractivity contribution in [3.05, 3.63) is 92.0 Å². The molecule has 0 aliphatic heterocycles. The lowest BCUT2D eigenvalue weighted by atomic mass is 10.0. The molecule has 0 unspecified atom stereocenters. The molecule has 38 heavy (non-hydrogen) atoms. The van der Waals surface area contributed by atoms with Gasteiger partial charge in [0.05, 0.1) is 17.1 Å². The van der Waals surface area contributed by atoms with E-state index < -0.39 is 34.9 Å². The Bertz CT molecular complexity index is 1580. The molecular formula is C24H18F6N4O4. The minimum Gasteiger partial charge on any atom is -0.455 e. The number of pyridine rings is 2. The van der Waals surface area contributed by atoms with Crippen LogP contribution in [0.25, 0.3) is 11.0 Å². The van der Waals surface area contributed by atoms with Gasteiger partial charge in [-0.25, -0.2) is 9.78 Å². The zero-order valence-corrected chi connectivity index (χ0v) is 19.2. The summed E-state index contributed by atoms with van der Waals surface area (Å²) >= 11 is 0. The fourth-order valence-electron chi connectivity index (χ4n) is 3.71. The predicted octanol–water partition coefficient (Wildman–Crippen LogP) is 4.28. The zero-order chi connectivity index (χ0) is 27.7. The van der Waals surface area contributed by atoms with Crippen LogP contribution < -0.4 is 16.0 Å². The molecule has 3 aromatic heterocycles. The number of aromatic nitrogens is 4. The third kappa shape index (κ3) is 5.69. The number of hydrogen-bond acceptors (Lipinski definition) is 6. The lowest BCUT2D eigenvalue weighted by Crippen LogP contribution is -2.36. The number of alkyl halides is 6. The molecule has 0 amide bonds. The van der Waals surface area contributed by atoms with E-state index in [1.54, 1.807) is 0 Å². The molecule has 200 valence electrons. The highest BCUT2D eigenvalue weighted by Crippen LogP contribution is 2.35. The highest BCUT2D eigenvalue weighted by atomic mass is 19.4. The van der Waals surface area contributed by atoms with Gasteiger partial charge in [0.15, 0.2) is 0 Å². The monoisotopic (exact) mass is 540 g/mol. The molecule has 0 saturated heterocycles. The summed E-state index contributed by atoms with van der Waals surface area (Å²) in [5, 5.41) is 8.95. The van der Waals surface area contributed by atoms with Gasteiger partial charge in [0.25, 0.3) is 5.56 Å². The van der Waals surface area contributed by atoms with Gasteiger partial charge >= 0.3 is 18.0 Å². The molecule has 2 N–H and O–H groups in total. The van der Waals surface area contributed by atoms with Crippen LogP contribution in [0.1, 0.15) is 28.8 Å². The number of aromatic amines is 1. The molecule has 0 fully saturated rings. The summed E-state index contributed by atoms with van der Waals surface area (Å²) in [7, 11) is 0. The van der Waals surface area contributed by atoms with E-state index in [0.29, 0.717) is 0 Å². The van der Waals surface area contributed by atoms with Crippen LogP contribution in [0.3, 0.4) is 0 Å². The molecular weight excluding hydrogens is 522 g/mol. The maximum Gasteiger partial charge on any atom is 0.433 e. The van der Waals surface area contributed by atoms with E-state index in [9.17, 15) is 35.9 Å². The van der Waals surface area contributed by atoms with Crippen molar-refractivity contribution in [1.82, 2.24) is 19.5 Å². The molecule has 0 radical (unpaired) electrons. The highest BCUT2D eigenvalue weighted by molar-refractivity contribution is 5.80. The number of H-pyrrole nitrogens is 1. The molecule has 4 aromatic rings. The Morgan fingerprint density at radius 1 is 0.974 bits per heavy atom. The van der Waals surface area contributed by atoms with Crippen molar-refractivity contribution < 1.29 is 36.2 Å². The van der Waals surface area contributed by atoms with Crippen LogP contribution in [0.5, 0.6) is 11.5 Å². The van der Waals surface area contributed by atoms with E-state index in [0.717, 1.165) is 47.3 Å². The van der Waals surface area contributed by atoms with E-state index in [2.05, 4.69) is 15.0 Å². The fraction of sp³-hybridized carbons (Fsp3) is 0.250. The minimum absolute atomic E-state index is 0.0490. The number of nitrogens with one attached hydrogen (secondary N) is 1. The Hall–Kier alpha value is -4.20. The van der Waals surface area contributed by atoms with Gasteiger partial charge in [0, 0.05) is 31.3 Å². The van der Waals surface area contributed by atoms with Crippen LogP contribution in [0.4, 0.5) is 26.3 Å². The van der Waals surface area contributed by atoms with Gasteiger partial charge in [-0.2, -0.15) is 26.3 Å². The van der Waals surface area contributed by atoms with Crippen LogP contribution in [0.2, 0.25) is 0 Å². The second-order valence-electron chi connectivity index (χ2n) is 8.14. The Balaban J connectivity index is 1.88. The molecule has 0 bridgehead atoms. The Morgan fingerprint density at radius 2 is 1.74 bits per heavy atom. The standard InChI is InChI=1S/C24H18F6N4O4/c25-23(26,27)14-3-1-4-15(10-14)38-17-12-32-20-19(21(36)34(7-2-8-35)22(37)33-20)16(17)9-13-5-6-18(31-11-13)24(28,29)30/h1,3-6,10-12,35H,2,7-9H2,(H,32,33,37). The first-order chi connectivity index (χ1) is 17.9. The first-order valence-electron chi connectivity index (χ1n) is 11.0. The first kappa shape index (κ1) is 26.9. The summed E-state index contributed by atoms with van der Waals surface area (Å²) in [6.07, 6.45) is -7.47. The SMILES string of the molecule is O=c1[nH]c2ncc(Oc3cccc(C(F)(F)F)c3)c(Cc3ccc(C(F)(F)F)nc3)c2c(=O)n1CCCO. The minimum atomic E-state index is -4.68. The van der Waals surface area contributed by atoms with Crippen molar-refractivity contribution in [3.8, 4) is 11.5 Å². The Labute approximate surface area is 209 Å². The van der Waals surface area contributed by atoms with E-state index in [4.69, 9.17) is 9.84 Å². The summed E-state index contributed by atoms with van der Waals surface area (Å²) in [6.45, 7) is -0.467. The third-order valence-electron chi connectivity index (χ3n) is 5.50. The van der Waals surface area contributed by atoms with Crippen molar-refractivity contribution >= 4 is 11.0 Å². The zero-order valence-electron chi connectivity index (χ0n) is 19.2. The lowest BCUT2D eigenvalue weighted by Gasteiger charge is -2.15. The van der Waals surface area contributed by atoms with Crippen LogP contribution in [-0.2, 0) is 25.3 Å². The van der Waals surface area contributed by atoms with Crippen molar-refractivity contribution in [1.29, 1.82) is 0 Å². The van der Waals surface area contributed by atoms with Gasteiger partial charge in [-0.15, -0.1) is 0 Å². The quantitative estimate of drug-likeness (QED) is 0.339. The van der Waals surface area contributed by atoms with E-state index in [-0.39, 0.29) is 59.7 Å². The second-order valence-corrected chi connectivity index (χ2v) is 8.14. The number of ether oxygens (including phenoxy) is 1. The smallest absolute Gasteiger partial charge is 0.433 e. The van der Waals surface area contributed by atoms with E-state index in [1.807, 2.05) is 0 Å². The van der Waals surface area contributed by atoms with Crippen LogP contribution >= 0.6 is 0 Å². The van der Waals surface area contributed by atoms with Gasteiger partial charge < -0.3 is 9.84 Å². The van der Waals surface area contributed by atoms with Crippen LogP contribution in [-0.4, -0.2) is 31.2 Å². The largest absolute Gasteiger partial charge is 0.455 e. The van der Waals surface area contributed by atoms with Crippen LogP contribution in [0.15, 0.2) is 58.4 Å². The maximum atomic E-state index is 13.3. The number of benzene rings is 1. The van der Waals surface area contributed by atoms with Gasteiger partial charge in [-0.3, -0.25) is 19.3 Å². The summed E-state index contributed by atoms with van der Waals surface area (Å²) in [6, 6.07) is 5.81. The van der Waals surface area contributed by atoms with Gasteiger partial charge in [-0.05, 0) is 36.2 Å². The molecule has 0 spiro atoms. The van der Waals surface area contributed by atoms with Crippen LogP contribution in [0, 0.1) is 0 Å². The molecule has 1 aromatic carbocycles. The van der Waals surface area contributed by atoms with Crippen molar-refractivity contribution in [2.75, 3.05) is 6.61 Å². The molecule has 8 nitrogen and oxygen atoms in total. The summed E-state index contributed by atoms with van der Waals surface area (Å²) in [5.41, 5.74) is -3.66. The van der Waals surface area contributed by atoms with Crippen molar-refractivity contribution in [2.45, 2.75) is 31.7 Å². The maximum absolute atomic E-state index is 13.3. The average molecular weight is 540 g/mol. The molecule has 0 aliphatic carbocycles. The number of halogens is 6. The van der Waals surface area contributed by atoms with Crippen molar-refractivity contribution in [2.24, 2.45) is 0 Å². The molecule has 0 atom stereocenters. The highest BCUT2D eigenvalue weighted by Gasteiger charge is 2.32. The summed E-state index contributed by atoms with van der Waals surface area (Å²) in [4.78, 5) is 35.5. The van der Waals surface area contributed by atoms with Gasteiger partial charge in [0.2, 0.25) is 0 Å². The topological polar surface area (TPSA) is 110 Å². The number of hydrogen-bond donors (Lipinski definition) is 2. The summed E-state index contributed by atoms with van der Waals surface area (Å²) < 4.78 is 84.9. The second kappa shape index (κ2) is 10.3. The predicted molar refractivity (Wildman–Crippen MR) is 122 cm³/mol. The van der Waals surface area contributed by atoms with E-state index >= 15 is 0 Å². The average Bonchev–Trinajstić information content (AvgIpc) is 2.84. The lowest BCUT2D eigenvalue weighted by molar-refractivity contribution is -0.141. The molecule has 0 saturated carbocycles. The first-order valence-corrected chi connectivity index (χ1v) is 11.0. The fourth-order valence-corrected chi connectivity index (χ4v) is 3.71. The number of aliphatic hydroxyl groups is 1. The normalized spacial score (nSPS) is 12.2. The Morgan fingerprint density at radius 3 is 2.37 bits per heavy atom. The molecule has 4 rings (SSSR count). The molecule has 3 heterocycles. The van der Waals surface area contributed by atoms with E-state index in [1.165, 1.54) is 6.07 Å². The third-order valence-corrected chi connectivity index (χ3v) is 5.50. The number of rotatable bonds is 7. The number of aliphatic hydroxyl groups excluding tert-OH is 1. The van der Waals surface area contributed by atoms with Gasteiger partial charge in [-0.1, -0.05) is 12.1 Å². The number of nitrogens with zero attached hydrogens (tertiary/aromatic N) is 3.